The molecule has 0 aromatic heterocycles. The number of hydrogen-bond acceptors (Lipinski definition) is 1. The van der Waals surface area contributed by atoms with Crippen LogP contribution in [0.15, 0.2) is 18.2 Å². The third-order valence-corrected chi connectivity index (χ3v) is 4.48. The van der Waals surface area contributed by atoms with E-state index in [-0.39, 0.29) is 16.6 Å². The quantitative estimate of drug-likeness (QED) is 0.560. The molecule has 16 heavy (non-hydrogen) atoms. The zero-order chi connectivity index (χ0) is 11.7. The predicted octanol–water partition coefficient (Wildman–Crippen LogP) is 3.72. The fourth-order valence-corrected chi connectivity index (χ4v) is 3.02. The summed E-state index contributed by atoms with van der Waals surface area (Å²) in [6.45, 7) is 0. The van der Waals surface area contributed by atoms with E-state index in [0.29, 0.717) is 12.2 Å². The van der Waals surface area contributed by atoms with Gasteiger partial charge >= 0.3 is 0 Å². The van der Waals surface area contributed by atoms with Crippen LogP contribution in [0.4, 0.5) is 4.39 Å². The third kappa shape index (κ3) is 3.03. The van der Waals surface area contributed by atoms with Crippen molar-refractivity contribution in [2.24, 2.45) is 5.92 Å². The van der Waals surface area contributed by atoms with Crippen molar-refractivity contribution >= 4 is 44.3 Å². The van der Waals surface area contributed by atoms with E-state index >= 15 is 0 Å². The van der Waals surface area contributed by atoms with Crippen molar-refractivity contribution in [3.05, 3.63) is 33.1 Å². The zero-order valence-electron chi connectivity index (χ0n) is 8.55. The zero-order valence-corrected chi connectivity index (χ0v) is 12.3. The molecule has 1 saturated carbocycles. The number of halogens is 3. The molecule has 1 aromatic carbocycles. The van der Waals surface area contributed by atoms with Crippen LogP contribution in [0, 0.1) is 15.3 Å². The lowest BCUT2D eigenvalue weighted by molar-refractivity contribution is -0.119. The molecular formula is C12H11BrFIO. The van der Waals surface area contributed by atoms with Gasteiger partial charge in [0, 0.05) is 9.49 Å². The number of hydrogen-bond donors (Lipinski definition) is 0. The highest BCUT2D eigenvalue weighted by Gasteiger charge is 2.33. The Labute approximate surface area is 116 Å². The Balaban J connectivity index is 2.05. The Bertz CT molecular complexity index is 417. The first-order valence-corrected chi connectivity index (χ1v) is 7.19. The molecule has 0 amide bonds. The summed E-state index contributed by atoms with van der Waals surface area (Å²) in [7, 11) is 0. The standard InChI is InChI=1S/C12H11BrFIO/c13-10(12(16)7-1-2-7)5-8-3-4-9(14)6-11(8)15/h3-4,6-7,10H,1-2,5H2. The number of carbonyl (C=O) groups is 1. The fourth-order valence-electron chi connectivity index (χ4n) is 1.60. The van der Waals surface area contributed by atoms with Crippen molar-refractivity contribution in [3.63, 3.8) is 0 Å². The Hall–Kier alpha value is 0.0300. The molecule has 1 nitrogen and oxygen atoms in total. The van der Waals surface area contributed by atoms with Gasteiger partial charge in [0.2, 0.25) is 0 Å². The van der Waals surface area contributed by atoms with Crippen LogP contribution in [0.5, 0.6) is 0 Å². The molecule has 0 radical (unpaired) electrons. The molecular weight excluding hydrogens is 386 g/mol. The van der Waals surface area contributed by atoms with Gasteiger partial charge in [0.15, 0.2) is 0 Å². The minimum atomic E-state index is -0.229. The molecule has 1 aromatic rings. The van der Waals surface area contributed by atoms with Crippen molar-refractivity contribution < 1.29 is 9.18 Å². The average molecular weight is 397 g/mol. The minimum absolute atomic E-state index is 0.126. The number of alkyl halides is 1. The topological polar surface area (TPSA) is 17.1 Å². The van der Waals surface area contributed by atoms with E-state index in [4.69, 9.17) is 0 Å². The van der Waals surface area contributed by atoms with Crippen LogP contribution < -0.4 is 0 Å². The second-order valence-corrected chi connectivity index (χ2v) is 6.35. The van der Waals surface area contributed by atoms with E-state index in [9.17, 15) is 9.18 Å². The number of carbonyl (C=O) groups excluding carboxylic acids is 1. The summed E-state index contributed by atoms with van der Waals surface area (Å²) in [5.41, 5.74) is 1.03. The summed E-state index contributed by atoms with van der Waals surface area (Å²) in [4.78, 5) is 11.6. The minimum Gasteiger partial charge on any atom is -0.298 e. The maximum absolute atomic E-state index is 12.9. The van der Waals surface area contributed by atoms with Crippen LogP contribution in [0.25, 0.3) is 0 Å². The van der Waals surface area contributed by atoms with Crippen LogP contribution in [-0.2, 0) is 11.2 Å². The van der Waals surface area contributed by atoms with Crippen molar-refractivity contribution in [3.8, 4) is 0 Å². The van der Waals surface area contributed by atoms with Crippen LogP contribution in [0.2, 0.25) is 0 Å². The number of Topliss-reactive ketones (excluding diaryl/α,β-unsaturated/α-hetero) is 1. The highest BCUT2D eigenvalue weighted by atomic mass is 127. The van der Waals surface area contributed by atoms with Crippen LogP contribution in [0.3, 0.4) is 0 Å². The van der Waals surface area contributed by atoms with Gasteiger partial charge in [0.1, 0.15) is 11.6 Å². The van der Waals surface area contributed by atoms with E-state index in [0.717, 1.165) is 22.0 Å². The first-order valence-electron chi connectivity index (χ1n) is 5.19. The smallest absolute Gasteiger partial charge is 0.149 e. The Morgan fingerprint density at radius 3 is 2.81 bits per heavy atom. The van der Waals surface area contributed by atoms with E-state index in [2.05, 4.69) is 38.5 Å². The van der Waals surface area contributed by atoms with Gasteiger partial charge in [-0.15, -0.1) is 0 Å². The Morgan fingerprint density at radius 2 is 2.25 bits per heavy atom. The van der Waals surface area contributed by atoms with Gasteiger partial charge < -0.3 is 0 Å². The Morgan fingerprint density at radius 1 is 1.56 bits per heavy atom. The first-order chi connectivity index (χ1) is 7.58. The summed E-state index contributed by atoms with van der Waals surface area (Å²) < 4.78 is 13.8. The highest BCUT2D eigenvalue weighted by molar-refractivity contribution is 14.1. The lowest BCUT2D eigenvalue weighted by atomic mass is 10.1. The molecule has 2 rings (SSSR count). The molecule has 1 atom stereocenters. The van der Waals surface area contributed by atoms with Gasteiger partial charge in [-0.3, -0.25) is 4.79 Å². The predicted molar refractivity (Wildman–Crippen MR) is 73.3 cm³/mol. The van der Waals surface area contributed by atoms with Crippen molar-refractivity contribution in [2.45, 2.75) is 24.1 Å². The van der Waals surface area contributed by atoms with Crippen LogP contribution >= 0.6 is 38.5 Å². The molecule has 86 valence electrons. The second-order valence-electron chi connectivity index (χ2n) is 4.08. The molecule has 0 bridgehead atoms. The van der Waals surface area contributed by atoms with Crippen LogP contribution in [-0.4, -0.2) is 10.6 Å². The van der Waals surface area contributed by atoms with Gasteiger partial charge in [-0.05, 0) is 59.5 Å². The third-order valence-electron chi connectivity index (χ3n) is 2.70. The molecule has 4 heteroatoms. The van der Waals surface area contributed by atoms with E-state index in [1.165, 1.54) is 12.1 Å². The molecule has 0 saturated heterocycles. The summed E-state index contributed by atoms with van der Waals surface area (Å²) >= 11 is 5.53. The summed E-state index contributed by atoms with van der Waals surface area (Å²) in [5, 5.41) is 0. The molecule has 0 heterocycles. The number of rotatable bonds is 4. The summed E-state index contributed by atoms with van der Waals surface area (Å²) in [5.74, 6) is 0.329. The number of ketones is 1. The first kappa shape index (κ1) is 12.5. The van der Waals surface area contributed by atoms with Gasteiger partial charge in [0.25, 0.3) is 0 Å². The van der Waals surface area contributed by atoms with Gasteiger partial charge in [-0.25, -0.2) is 4.39 Å². The van der Waals surface area contributed by atoms with E-state index in [1.807, 2.05) is 0 Å². The molecule has 1 aliphatic carbocycles. The molecule has 0 aliphatic heterocycles. The summed E-state index contributed by atoms with van der Waals surface area (Å²) in [6, 6.07) is 4.70. The molecule has 1 fully saturated rings. The maximum Gasteiger partial charge on any atom is 0.149 e. The maximum atomic E-state index is 12.9. The monoisotopic (exact) mass is 396 g/mol. The van der Waals surface area contributed by atoms with Crippen LogP contribution in [0.1, 0.15) is 18.4 Å². The molecule has 1 aliphatic rings. The lowest BCUT2D eigenvalue weighted by Crippen LogP contribution is -2.18. The van der Waals surface area contributed by atoms with Crippen molar-refractivity contribution in [1.29, 1.82) is 0 Å². The lowest BCUT2D eigenvalue weighted by Gasteiger charge is -2.09. The molecule has 1 unspecified atom stereocenters. The van der Waals surface area contributed by atoms with Crippen molar-refractivity contribution in [1.82, 2.24) is 0 Å². The van der Waals surface area contributed by atoms with E-state index in [1.54, 1.807) is 6.07 Å². The number of benzene rings is 1. The Kier molecular flexibility index (Phi) is 4.00. The average Bonchev–Trinajstić information content (AvgIpc) is 3.04. The highest BCUT2D eigenvalue weighted by Crippen LogP contribution is 2.33. The van der Waals surface area contributed by atoms with Gasteiger partial charge in [0.05, 0.1) is 4.83 Å². The largest absolute Gasteiger partial charge is 0.298 e. The molecule has 0 N–H and O–H groups in total. The van der Waals surface area contributed by atoms with Crippen molar-refractivity contribution in [2.75, 3.05) is 0 Å². The van der Waals surface area contributed by atoms with Gasteiger partial charge in [-0.1, -0.05) is 22.0 Å². The summed E-state index contributed by atoms with van der Waals surface area (Å²) in [6.07, 6.45) is 2.71. The normalized spacial score (nSPS) is 17.2. The second kappa shape index (κ2) is 5.12. The van der Waals surface area contributed by atoms with Gasteiger partial charge in [-0.2, -0.15) is 0 Å². The molecule has 0 spiro atoms. The fraction of sp³-hybridized carbons (Fsp3) is 0.417. The van der Waals surface area contributed by atoms with E-state index < -0.39 is 0 Å². The SMILES string of the molecule is O=C(C(Br)Cc1ccc(F)cc1I)C1CC1.